The Morgan fingerprint density at radius 3 is 2.81 bits per heavy atom. The zero-order valence-electron chi connectivity index (χ0n) is 9.90. The third-order valence-electron chi connectivity index (χ3n) is 2.72. The number of rotatable bonds is 2. The summed E-state index contributed by atoms with van der Waals surface area (Å²) in [5, 5.41) is 1.08. The van der Waals surface area contributed by atoms with Crippen molar-refractivity contribution < 1.29 is 0 Å². The van der Waals surface area contributed by atoms with Crippen LogP contribution >= 0.6 is 11.3 Å². The van der Waals surface area contributed by atoms with Gasteiger partial charge in [0.25, 0.3) is 0 Å². The summed E-state index contributed by atoms with van der Waals surface area (Å²) in [6, 6.07) is 4.04. The Morgan fingerprint density at radius 1 is 1.44 bits per heavy atom. The Balaban J connectivity index is 2.22. The van der Waals surface area contributed by atoms with Crippen LogP contribution in [0.15, 0.2) is 18.3 Å². The first-order chi connectivity index (χ1) is 7.47. The Bertz CT molecular complexity index is 451. The van der Waals surface area contributed by atoms with Gasteiger partial charge in [-0.15, -0.1) is 0 Å². The Hall–Kier alpha value is -1.00. The minimum atomic E-state index is 0.116. The molecule has 0 aliphatic heterocycles. The smallest absolute Gasteiger partial charge is 0.143 e. The third kappa shape index (κ3) is 2.39. The highest BCUT2D eigenvalue weighted by Gasteiger charge is 2.22. The lowest BCUT2D eigenvalue weighted by Gasteiger charge is -2.26. The predicted molar refractivity (Wildman–Crippen MR) is 68.5 cm³/mol. The highest BCUT2D eigenvalue weighted by atomic mass is 32.1. The molecule has 2 N–H and O–H groups in total. The second-order valence-corrected chi connectivity index (χ2v) is 6.17. The zero-order chi connectivity index (χ0) is 11.8. The fraction of sp³-hybridized carbons (Fsp3) is 0.500. The number of nitrogens with zero attached hydrogens (tertiary/aromatic N) is 2. The van der Waals surface area contributed by atoms with Crippen molar-refractivity contribution in [3.05, 3.63) is 23.3 Å². The average Bonchev–Trinajstić information content (AvgIpc) is 2.58. The summed E-state index contributed by atoms with van der Waals surface area (Å²) in [5.41, 5.74) is 7.24. The number of thiazole rings is 1. The van der Waals surface area contributed by atoms with E-state index in [0.29, 0.717) is 0 Å². The lowest BCUT2D eigenvalue weighted by atomic mass is 9.86. The molecule has 0 fully saturated rings. The predicted octanol–water partition coefficient (Wildman–Crippen LogP) is 2.61. The molecule has 1 atom stereocenters. The van der Waals surface area contributed by atoms with Crippen molar-refractivity contribution in [2.24, 2.45) is 11.1 Å². The molecule has 3 nitrogen and oxygen atoms in total. The van der Waals surface area contributed by atoms with E-state index in [1.165, 1.54) is 0 Å². The summed E-state index contributed by atoms with van der Waals surface area (Å²) in [7, 11) is 0. The van der Waals surface area contributed by atoms with Crippen molar-refractivity contribution in [2.75, 3.05) is 0 Å². The van der Waals surface area contributed by atoms with Crippen LogP contribution in [0.2, 0.25) is 0 Å². The third-order valence-corrected chi connectivity index (χ3v) is 3.72. The number of pyridine rings is 1. The van der Waals surface area contributed by atoms with Gasteiger partial charge in [0.05, 0.1) is 5.01 Å². The number of hydrogen-bond acceptors (Lipinski definition) is 4. The molecular formula is C12H17N3S. The van der Waals surface area contributed by atoms with Crippen molar-refractivity contribution in [3.63, 3.8) is 0 Å². The molecule has 0 saturated heterocycles. The molecule has 0 radical (unpaired) electrons. The number of aromatic nitrogens is 2. The molecule has 0 aliphatic rings. The van der Waals surface area contributed by atoms with Crippen molar-refractivity contribution in [1.29, 1.82) is 0 Å². The summed E-state index contributed by atoms with van der Waals surface area (Å²) in [6.07, 6.45) is 2.62. The van der Waals surface area contributed by atoms with E-state index in [9.17, 15) is 0 Å². The van der Waals surface area contributed by atoms with Gasteiger partial charge < -0.3 is 5.73 Å². The summed E-state index contributed by atoms with van der Waals surface area (Å²) in [4.78, 5) is 9.83. The van der Waals surface area contributed by atoms with Crippen LogP contribution in [-0.2, 0) is 6.42 Å². The molecule has 2 rings (SSSR count). The largest absolute Gasteiger partial charge is 0.327 e. The van der Waals surface area contributed by atoms with Gasteiger partial charge in [0, 0.05) is 18.7 Å². The molecule has 2 heterocycles. The topological polar surface area (TPSA) is 51.8 Å². The molecular weight excluding hydrogens is 218 g/mol. The lowest BCUT2D eigenvalue weighted by Crippen LogP contribution is -2.36. The number of fused-ring (bicyclic) bond motifs is 1. The van der Waals surface area contributed by atoms with Crippen LogP contribution in [-0.4, -0.2) is 16.0 Å². The Kier molecular flexibility index (Phi) is 2.95. The van der Waals surface area contributed by atoms with E-state index in [1.54, 1.807) is 17.5 Å². The van der Waals surface area contributed by atoms with E-state index in [4.69, 9.17) is 5.73 Å². The van der Waals surface area contributed by atoms with Crippen molar-refractivity contribution in [1.82, 2.24) is 9.97 Å². The van der Waals surface area contributed by atoms with E-state index >= 15 is 0 Å². The van der Waals surface area contributed by atoms with Crippen LogP contribution < -0.4 is 5.73 Å². The molecule has 2 aromatic heterocycles. The molecule has 0 bridgehead atoms. The van der Waals surface area contributed by atoms with Gasteiger partial charge in [0.2, 0.25) is 0 Å². The number of hydrogen-bond donors (Lipinski definition) is 1. The van der Waals surface area contributed by atoms with Crippen LogP contribution in [0.3, 0.4) is 0 Å². The first kappa shape index (κ1) is 11.5. The molecule has 1 unspecified atom stereocenters. The van der Waals surface area contributed by atoms with Gasteiger partial charge in [-0.2, -0.15) is 0 Å². The molecule has 0 spiro atoms. The maximum Gasteiger partial charge on any atom is 0.143 e. The van der Waals surface area contributed by atoms with Crippen LogP contribution in [0.1, 0.15) is 25.8 Å². The quantitative estimate of drug-likeness (QED) is 0.870. The summed E-state index contributed by atoms with van der Waals surface area (Å²) in [6.45, 7) is 6.47. The molecule has 0 amide bonds. The second kappa shape index (κ2) is 4.11. The van der Waals surface area contributed by atoms with Gasteiger partial charge in [-0.3, -0.25) is 0 Å². The van der Waals surface area contributed by atoms with Crippen molar-refractivity contribution >= 4 is 21.7 Å². The minimum Gasteiger partial charge on any atom is -0.327 e. The van der Waals surface area contributed by atoms with E-state index < -0.39 is 0 Å². The molecule has 2 aromatic rings. The maximum absolute atomic E-state index is 6.15. The summed E-state index contributed by atoms with van der Waals surface area (Å²) < 4.78 is 0. The highest BCUT2D eigenvalue weighted by molar-refractivity contribution is 7.18. The number of nitrogens with two attached hydrogens (primary N) is 1. The van der Waals surface area contributed by atoms with Gasteiger partial charge in [-0.05, 0) is 17.5 Å². The Labute approximate surface area is 99.7 Å². The first-order valence-electron chi connectivity index (χ1n) is 5.43. The molecule has 16 heavy (non-hydrogen) atoms. The maximum atomic E-state index is 6.15. The van der Waals surface area contributed by atoms with Crippen LogP contribution in [0.25, 0.3) is 10.3 Å². The standard InChI is InChI=1S/C12H17N3S/c1-12(2,3)9(13)7-10-15-8-5-4-6-14-11(8)16-10/h4-6,9H,7,13H2,1-3H3. The summed E-state index contributed by atoms with van der Waals surface area (Å²) >= 11 is 1.64. The monoisotopic (exact) mass is 235 g/mol. The lowest BCUT2D eigenvalue weighted by molar-refractivity contribution is 0.318. The van der Waals surface area contributed by atoms with E-state index in [-0.39, 0.29) is 11.5 Å². The highest BCUT2D eigenvalue weighted by Crippen LogP contribution is 2.25. The van der Waals surface area contributed by atoms with Gasteiger partial charge in [0.15, 0.2) is 0 Å². The summed E-state index contributed by atoms with van der Waals surface area (Å²) in [5.74, 6) is 0. The fourth-order valence-electron chi connectivity index (χ4n) is 1.40. The van der Waals surface area contributed by atoms with Gasteiger partial charge in [0.1, 0.15) is 10.3 Å². The van der Waals surface area contributed by atoms with E-state index in [1.807, 2.05) is 12.1 Å². The van der Waals surface area contributed by atoms with Crippen LogP contribution in [0, 0.1) is 5.41 Å². The molecule has 4 heteroatoms. The molecule has 0 aliphatic carbocycles. The van der Waals surface area contributed by atoms with Gasteiger partial charge in [-0.25, -0.2) is 9.97 Å². The van der Waals surface area contributed by atoms with Crippen molar-refractivity contribution in [3.8, 4) is 0 Å². The second-order valence-electron chi connectivity index (χ2n) is 5.11. The van der Waals surface area contributed by atoms with Crippen LogP contribution in [0.5, 0.6) is 0 Å². The SMILES string of the molecule is CC(C)(C)C(N)Cc1nc2cccnc2s1. The zero-order valence-corrected chi connectivity index (χ0v) is 10.7. The van der Waals surface area contributed by atoms with E-state index in [2.05, 4.69) is 30.7 Å². The van der Waals surface area contributed by atoms with Crippen LogP contribution in [0.4, 0.5) is 0 Å². The molecule has 0 saturated carbocycles. The van der Waals surface area contributed by atoms with Gasteiger partial charge >= 0.3 is 0 Å². The van der Waals surface area contributed by atoms with E-state index in [0.717, 1.165) is 21.8 Å². The van der Waals surface area contributed by atoms with Gasteiger partial charge in [-0.1, -0.05) is 32.1 Å². The van der Waals surface area contributed by atoms with Crippen molar-refractivity contribution in [2.45, 2.75) is 33.2 Å². The normalized spacial score (nSPS) is 14.2. The minimum absolute atomic E-state index is 0.116. The first-order valence-corrected chi connectivity index (χ1v) is 6.24. The molecule has 86 valence electrons. The molecule has 0 aromatic carbocycles. The fourth-order valence-corrected chi connectivity index (χ4v) is 2.36. The average molecular weight is 235 g/mol. The Morgan fingerprint density at radius 2 is 2.19 bits per heavy atom.